The van der Waals surface area contributed by atoms with Crippen LogP contribution in [-0.4, -0.2) is 23.3 Å². The smallest absolute Gasteiger partial charge is 0.349 e. The summed E-state index contributed by atoms with van der Waals surface area (Å²) in [7, 11) is 0. The van der Waals surface area contributed by atoms with Crippen molar-refractivity contribution in [1.82, 2.24) is 4.98 Å². The van der Waals surface area contributed by atoms with Crippen LogP contribution >= 0.6 is 22.7 Å². The molecule has 0 aliphatic heterocycles. The number of rotatable bonds is 5. The molecule has 1 atom stereocenters. The van der Waals surface area contributed by atoms with Gasteiger partial charge in [0.2, 0.25) is 0 Å². The Bertz CT molecular complexity index is 1050. The number of benzene rings is 1. The Hall–Kier alpha value is -2.63. The van der Waals surface area contributed by atoms with E-state index < -0.39 is 30.1 Å². The first-order valence-corrected chi connectivity index (χ1v) is 9.31. The normalized spacial score (nSPS) is 11.9. The first-order chi connectivity index (χ1) is 12.4. The van der Waals surface area contributed by atoms with Gasteiger partial charge in [0.05, 0.1) is 6.07 Å². The van der Waals surface area contributed by atoms with Gasteiger partial charge in [-0.1, -0.05) is 6.07 Å². The average Bonchev–Trinajstić information content (AvgIpc) is 3.18. The zero-order valence-corrected chi connectivity index (χ0v) is 15.5. The summed E-state index contributed by atoms with van der Waals surface area (Å²) in [5.41, 5.74) is 1.20. The summed E-state index contributed by atoms with van der Waals surface area (Å²) in [6.45, 7) is 2.87. The van der Waals surface area contributed by atoms with Crippen LogP contribution in [0.2, 0.25) is 0 Å². The summed E-state index contributed by atoms with van der Waals surface area (Å²) in [5.74, 6) is -2.72. The van der Waals surface area contributed by atoms with Crippen molar-refractivity contribution in [3.05, 3.63) is 50.5 Å². The molecule has 5 nitrogen and oxygen atoms in total. The van der Waals surface area contributed by atoms with Crippen molar-refractivity contribution in [2.75, 3.05) is 6.61 Å². The van der Waals surface area contributed by atoms with E-state index in [9.17, 15) is 19.2 Å². The van der Waals surface area contributed by atoms with E-state index >= 15 is 0 Å². The molecule has 1 aromatic carbocycles. The van der Waals surface area contributed by atoms with E-state index in [1.165, 1.54) is 17.4 Å². The van der Waals surface area contributed by atoms with Crippen molar-refractivity contribution in [2.24, 2.45) is 0 Å². The minimum Gasteiger partial charge on any atom is -0.453 e. The maximum Gasteiger partial charge on any atom is 0.349 e. The molecule has 0 saturated heterocycles. The number of nitriles is 1. The number of Topliss-reactive ketones (excluding diaryl/α,β-unsaturated/α-hetero) is 1. The van der Waals surface area contributed by atoms with Gasteiger partial charge < -0.3 is 4.74 Å². The quantitative estimate of drug-likeness (QED) is 0.614. The second-order valence-corrected chi connectivity index (χ2v) is 7.54. The van der Waals surface area contributed by atoms with Crippen LogP contribution in [0.5, 0.6) is 0 Å². The van der Waals surface area contributed by atoms with E-state index in [2.05, 4.69) is 4.98 Å². The zero-order valence-electron chi connectivity index (χ0n) is 13.9. The van der Waals surface area contributed by atoms with E-state index in [-0.39, 0.29) is 4.88 Å². The molecular formula is C18H13FN2O3S2. The van der Waals surface area contributed by atoms with E-state index in [4.69, 9.17) is 4.74 Å². The molecule has 3 rings (SSSR count). The maximum atomic E-state index is 13.9. The fraction of sp³-hybridized carbons (Fsp3) is 0.222. The van der Waals surface area contributed by atoms with Crippen molar-refractivity contribution < 1.29 is 18.7 Å². The van der Waals surface area contributed by atoms with Crippen molar-refractivity contribution in [1.29, 1.82) is 5.26 Å². The number of thiophene rings is 1. The van der Waals surface area contributed by atoms with Crippen LogP contribution in [0.15, 0.2) is 23.6 Å². The van der Waals surface area contributed by atoms with Crippen LogP contribution in [-0.2, 0) is 9.53 Å². The fourth-order valence-corrected chi connectivity index (χ4v) is 4.48. The molecule has 2 aromatic heterocycles. The van der Waals surface area contributed by atoms with Crippen molar-refractivity contribution >= 4 is 44.5 Å². The number of aryl methyl sites for hydroxylation is 2. The number of hydrogen-bond donors (Lipinski definition) is 0. The lowest BCUT2D eigenvalue weighted by atomic mass is 10.1. The fourth-order valence-electron chi connectivity index (χ4n) is 2.50. The molecule has 0 N–H and O–H groups in total. The molecule has 0 amide bonds. The Labute approximate surface area is 156 Å². The number of ketones is 1. The minimum absolute atomic E-state index is 0.247. The van der Waals surface area contributed by atoms with Gasteiger partial charge in [0.15, 0.2) is 18.3 Å². The first kappa shape index (κ1) is 18.2. The third-order valence-electron chi connectivity index (χ3n) is 3.77. The Morgan fingerprint density at radius 2 is 2.15 bits per heavy atom. The van der Waals surface area contributed by atoms with Gasteiger partial charge in [-0.2, -0.15) is 5.26 Å². The lowest BCUT2D eigenvalue weighted by molar-refractivity contribution is -0.122. The molecule has 2 heterocycles. The van der Waals surface area contributed by atoms with Crippen molar-refractivity contribution in [3.8, 4) is 6.07 Å². The van der Waals surface area contributed by atoms with Gasteiger partial charge in [-0.15, -0.1) is 22.7 Å². The number of fused-ring (bicyclic) bond motifs is 1. The summed E-state index contributed by atoms with van der Waals surface area (Å²) in [6.07, 6.45) is 0. The predicted octanol–water partition coefficient (Wildman–Crippen LogP) is 4.15. The minimum atomic E-state index is -1.07. The molecule has 0 radical (unpaired) electrons. The highest BCUT2D eigenvalue weighted by molar-refractivity contribution is 7.21. The van der Waals surface area contributed by atoms with Crippen LogP contribution in [0.3, 0.4) is 0 Å². The van der Waals surface area contributed by atoms with Crippen LogP contribution in [0.4, 0.5) is 4.39 Å². The number of esters is 1. The first-order valence-electron chi connectivity index (χ1n) is 7.61. The molecule has 0 saturated carbocycles. The van der Waals surface area contributed by atoms with Gasteiger partial charge >= 0.3 is 5.97 Å². The lowest BCUT2D eigenvalue weighted by Crippen LogP contribution is -2.19. The monoisotopic (exact) mass is 388 g/mol. The standard InChI is InChI=1S/C18H13FN2O3S2/c1-9-8-25-17(21-9)11(6-20)13(22)7-24-18(23)16-10(2)15-12(19)4-3-5-14(15)26-16/h3-5,8,11H,7H2,1-2H3/t11-/m1/s1. The number of carbonyl (C=O) groups excluding carboxylic acids is 2. The van der Waals surface area contributed by atoms with Gasteiger partial charge in [-0.3, -0.25) is 4.79 Å². The van der Waals surface area contributed by atoms with Crippen LogP contribution in [0, 0.1) is 31.0 Å². The lowest BCUT2D eigenvalue weighted by Gasteiger charge is -2.06. The summed E-state index contributed by atoms with van der Waals surface area (Å²) in [5, 5.41) is 11.7. The molecule has 0 unspecified atom stereocenters. The molecule has 8 heteroatoms. The van der Waals surface area contributed by atoms with E-state index in [0.29, 0.717) is 20.7 Å². The van der Waals surface area contributed by atoms with Crippen LogP contribution in [0.1, 0.15) is 31.9 Å². The average molecular weight is 388 g/mol. The Morgan fingerprint density at radius 1 is 1.38 bits per heavy atom. The Balaban J connectivity index is 1.75. The number of thiazole rings is 1. The number of nitrogens with zero attached hydrogens (tertiary/aromatic N) is 2. The molecule has 0 bridgehead atoms. The third kappa shape index (κ3) is 3.36. The molecule has 132 valence electrons. The summed E-state index contributed by atoms with van der Waals surface area (Å²) in [4.78, 5) is 28.9. The Morgan fingerprint density at radius 3 is 2.77 bits per heavy atom. The second kappa shape index (κ2) is 7.32. The van der Waals surface area contributed by atoms with Gasteiger partial charge in [-0.05, 0) is 31.5 Å². The number of carbonyl (C=O) groups is 2. The third-order valence-corrected chi connectivity index (χ3v) is 6.03. The molecule has 26 heavy (non-hydrogen) atoms. The van der Waals surface area contributed by atoms with Gasteiger partial charge in [-0.25, -0.2) is 14.2 Å². The topological polar surface area (TPSA) is 80.0 Å². The molecule has 0 fully saturated rings. The van der Waals surface area contributed by atoms with E-state index in [1.54, 1.807) is 31.4 Å². The summed E-state index contributed by atoms with van der Waals surface area (Å²) in [6, 6.07) is 6.51. The van der Waals surface area contributed by atoms with Crippen LogP contribution in [0.25, 0.3) is 10.1 Å². The number of ether oxygens (including phenoxy) is 1. The van der Waals surface area contributed by atoms with Gasteiger partial charge in [0, 0.05) is 21.2 Å². The zero-order chi connectivity index (χ0) is 18.8. The van der Waals surface area contributed by atoms with Crippen molar-refractivity contribution in [2.45, 2.75) is 19.8 Å². The molecule has 0 spiro atoms. The number of aromatic nitrogens is 1. The molecular weight excluding hydrogens is 375 g/mol. The molecule has 0 aliphatic carbocycles. The highest BCUT2D eigenvalue weighted by Gasteiger charge is 2.26. The molecule has 0 aliphatic rings. The Kier molecular flexibility index (Phi) is 5.11. The van der Waals surface area contributed by atoms with Crippen molar-refractivity contribution in [3.63, 3.8) is 0 Å². The largest absolute Gasteiger partial charge is 0.453 e. The van der Waals surface area contributed by atoms with Gasteiger partial charge in [0.1, 0.15) is 15.7 Å². The summed E-state index contributed by atoms with van der Waals surface area (Å²) < 4.78 is 19.6. The number of halogens is 1. The highest BCUT2D eigenvalue weighted by atomic mass is 32.1. The highest BCUT2D eigenvalue weighted by Crippen LogP contribution is 2.33. The number of hydrogen-bond acceptors (Lipinski definition) is 7. The maximum absolute atomic E-state index is 13.9. The van der Waals surface area contributed by atoms with Gasteiger partial charge in [0.25, 0.3) is 0 Å². The second-order valence-electron chi connectivity index (χ2n) is 5.60. The SMILES string of the molecule is Cc1csc([C@H](C#N)C(=O)COC(=O)c2sc3cccc(F)c3c2C)n1. The van der Waals surface area contributed by atoms with E-state index in [0.717, 1.165) is 17.0 Å². The predicted molar refractivity (Wildman–Crippen MR) is 97.0 cm³/mol. The summed E-state index contributed by atoms with van der Waals surface area (Å²) >= 11 is 2.32. The van der Waals surface area contributed by atoms with E-state index in [1.807, 2.05) is 6.07 Å². The molecule has 3 aromatic rings. The van der Waals surface area contributed by atoms with Crippen LogP contribution < -0.4 is 0 Å².